The lowest BCUT2D eigenvalue weighted by Crippen LogP contribution is -2.33. The van der Waals surface area contributed by atoms with Crippen LogP contribution in [-0.2, 0) is 9.59 Å². The Bertz CT molecular complexity index is 1050. The molecule has 1 aliphatic heterocycles. The number of hydrazone groups is 1. The Kier molecular flexibility index (Phi) is 4.38. The van der Waals surface area contributed by atoms with E-state index >= 15 is 0 Å². The van der Waals surface area contributed by atoms with Crippen LogP contribution in [0.25, 0.3) is 10.9 Å². The van der Waals surface area contributed by atoms with Gasteiger partial charge in [0.2, 0.25) is 0 Å². The summed E-state index contributed by atoms with van der Waals surface area (Å²) in [5, 5.41) is 9.81. The zero-order chi connectivity index (χ0) is 18.8. The maximum Gasteiger partial charge on any atom is 0.273 e. The highest BCUT2D eigenvalue weighted by Crippen LogP contribution is 2.25. The second kappa shape index (κ2) is 6.99. The highest BCUT2D eigenvalue weighted by atomic mass is 16.2. The topological polar surface area (TPSA) is 74.7 Å². The van der Waals surface area contributed by atoms with E-state index in [-0.39, 0.29) is 18.1 Å². The van der Waals surface area contributed by atoms with E-state index in [4.69, 9.17) is 0 Å². The fraction of sp³-hybridized carbons (Fsp3) is 0.143. The average Bonchev–Trinajstić information content (AvgIpc) is 3.15. The summed E-state index contributed by atoms with van der Waals surface area (Å²) in [5.41, 5.74) is 1.90. The molecule has 134 valence electrons. The number of fused-ring (bicyclic) bond motifs is 1. The maximum atomic E-state index is 12.7. The minimum atomic E-state index is -0.474. The van der Waals surface area contributed by atoms with Gasteiger partial charge >= 0.3 is 0 Å². The highest BCUT2D eigenvalue weighted by molar-refractivity contribution is 6.44. The van der Waals surface area contributed by atoms with E-state index in [1.54, 1.807) is 11.1 Å². The van der Waals surface area contributed by atoms with Gasteiger partial charge in [0.1, 0.15) is 17.6 Å². The number of nitrogens with zero attached hydrogens (tertiary/aromatic N) is 3. The molecular weight excluding hydrogens is 340 g/mol. The van der Waals surface area contributed by atoms with Crippen LogP contribution in [0, 0.1) is 0 Å². The number of para-hydroxylation sites is 2. The van der Waals surface area contributed by atoms with Crippen molar-refractivity contribution in [3.63, 3.8) is 0 Å². The molecule has 6 nitrogen and oxygen atoms in total. The number of rotatable bonds is 4. The Balaban J connectivity index is 1.58. The summed E-state index contributed by atoms with van der Waals surface area (Å²) in [4.78, 5) is 29.2. The highest BCUT2D eigenvalue weighted by Gasteiger charge is 2.34. The Morgan fingerprint density at radius 1 is 1.00 bits per heavy atom. The molecule has 0 bridgehead atoms. The van der Waals surface area contributed by atoms with E-state index < -0.39 is 6.04 Å². The SMILES string of the molecule is CC(=O)[C@H]1CC(C(=O)Nc2ccc3ccccc3n2)=NN1c1ccccc1. The van der Waals surface area contributed by atoms with Gasteiger partial charge in [-0.2, -0.15) is 5.10 Å². The largest absolute Gasteiger partial charge is 0.305 e. The lowest BCUT2D eigenvalue weighted by molar-refractivity contribution is -0.118. The molecule has 1 atom stereocenters. The van der Waals surface area contributed by atoms with Crippen LogP contribution in [0.1, 0.15) is 13.3 Å². The molecule has 0 spiro atoms. The van der Waals surface area contributed by atoms with Gasteiger partial charge < -0.3 is 5.32 Å². The monoisotopic (exact) mass is 358 g/mol. The van der Waals surface area contributed by atoms with Crippen molar-refractivity contribution in [2.24, 2.45) is 5.10 Å². The molecule has 2 heterocycles. The second-order valence-electron chi connectivity index (χ2n) is 6.40. The Morgan fingerprint density at radius 2 is 1.74 bits per heavy atom. The summed E-state index contributed by atoms with van der Waals surface area (Å²) < 4.78 is 0. The van der Waals surface area contributed by atoms with Gasteiger partial charge in [0.05, 0.1) is 11.2 Å². The number of hydrogen-bond donors (Lipinski definition) is 1. The molecule has 0 aliphatic carbocycles. The predicted octanol–water partition coefficient (Wildman–Crippen LogP) is 3.40. The van der Waals surface area contributed by atoms with Gasteiger partial charge in [0, 0.05) is 11.8 Å². The van der Waals surface area contributed by atoms with E-state index in [0.717, 1.165) is 16.6 Å². The van der Waals surface area contributed by atoms with Crippen molar-refractivity contribution in [1.29, 1.82) is 0 Å². The van der Waals surface area contributed by atoms with E-state index in [0.29, 0.717) is 11.5 Å². The Labute approximate surface area is 156 Å². The predicted molar refractivity (Wildman–Crippen MR) is 106 cm³/mol. The fourth-order valence-electron chi connectivity index (χ4n) is 3.11. The molecule has 4 rings (SSSR count). The van der Waals surface area contributed by atoms with Crippen molar-refractivity contribution in [2.75, 3.05) is 10.3 Å². The van der Waals surface area contributed by atoms with Gasteiger partial charge in [0.15, 0.2) is 5.78 Å². The first-order chi connectivity index (χ1) is 13.1. The van der Waals surface area contributed by atoms with Gasteiger partial charge in [0.25, 0.3) is 5.91 Å². The first-order valence-corrected chi connectivity index (χ1v) is 8.71. The number of amides is 1. The van der Waals surface area contributed by atoms with Crippen molar-refractivity contribution in [2.45, 2.75) is 19.4 Å². The first-order valence-electron chi connectivity index (χ1n) is 8.71. The molecule has 0 unspecified atom stereocenters. The third-order valence-corrected chi connectivity index (χ3v) is 4.50. The number of carbonyl (C=O) groups is 2. The number of nitrogens with one attached hydrogen (secondary N) is 1. The number of ketones is 1. The molecule has 3 aromatic rings. The molecule has 1 amide bonds. The quantitative estimate of drug-likeness (QED) is 0.776. The van der Waals surface area contributed by atoms with Crippen molar-refractivity contribution >= 4 is 39.8 Å². The summed E-state index contributed by atoms with van der Waals surface area (Å²) >= 11 is 0. The van der Waals surface area contributed by atoms with Crippen LogP contribution < -0.4 is 10.3 Å². The molecule has 27 heavy (non-hydrogen) atoms. The van der Waals surface area contributed by atoms with Crippen LogP contribution in [0.15, 0.2) is 71.8 Å². The van der Waals surface area contributed by atoms with Crippen LogP contribution in [0.4, 0.5) is 11.5 Å². The van der Waals surface area contributed by atoms with Crippen molar-refractivity contribution < 1.29 is 9.59 Å². The standard InChI is InChI=1S/C21H18N4O2/c1-14(26)19-13-18(24-25(19)16-8-3-2-4-9-16)21(27)23-20-12-11-15-7-5-6-10-17(15)22-20/h2-12,19H,13H2,1H3,(H,22,23,27)/t19-/m1/s1. The molecule has 1 aromatic heterocycles. The number of carbonyl (C=O) groups excluding carboxylic acids is 2. The minimum Gasteiger partial charge on any atom is -0.305 e. The third kappa shape index (κ3) is 3.42. The Hall–Kier alpha value is -3.54. The van der Waals surface area contributed by atoms with E-state index in [1.807, 2.05) is 60.7 Å². The lowest BCUT2D eigenvalue weighted by atomic mass is 10.1. The maximum absolute atomic E-state index is 12.7. The van der Waals surface area contributed by atoms with Crippen LogP contribution in [0.2, 0.25) is 0 Å². The van der Waals surface area contributed by atoms with Crippen molar-refractivity contribution in [3.05, 3.63) is 66.7 Å². The second-order valence-corrected chi connectivity index (χ2v) is 6.40. The number of hydrogen-bond acceptors (Lipinski definition) is 5. The fourth-order valence-corrected chi connectivity index (χ4v) is 3.11. The molecule has 0 radical (unpaired) electrons. The normalized spacial score (nSPS) is 16.3. The number of anilines is 2. The number of benzene rings is 2. The van der Waals surface area contributed by atoms with Crippen LogP contribution in [0.5, 0.6) is 0 Å². The van der Waals surface area contributed by atoms with Gasteiger partial charge in [-0.15, -0.1) is 0 Å². The molecule has 6 heteroatoms. The van der Waals surface area contributed by atoms with Gasteiger partial charge in [-0.05, 0) is 37.3 Å². The van der Waals surface area contributed by atoms with Crippen molar-refractivity contribution in [3.8, 4) is 0 Å². The van der Waals surface area contributed by atoms with E-state index in [2.05, 4.69) is 15.4 Å². The molecule has 0 saturated carbocycles. The molecule has 2 aromatic carbocycles. The smallest absolute Gasteiger partial charge is 0.273 e. The van der Waals surface area contributed by atoms with Crippen LogP contribution >= 0.6 is 0 Å². The average molecular weight is 358 g/mol. The van der Waals surface area contributed by atoms with E-state index in [9.17, 15) is 9.59 Å². The Morgan fingerprint density at radius 3 is 2.52 bits per heavy atom. The summed E-state index contributed by atoms with van der Waals surface area (Å²) in [5.74, 6) is 0.0793. The number of Topliss-reactive ketones (excluding diaryl/α,β-unsaturated/α-hetero) is 1. The summed E-state index contributed by atoms with van der Waals surface area (Å²) in [6.07, 6.45) is 0.268. The number of pyridine rings is 1. The molecule has 0 saturated heterocycles. The first kappa shape index (κ1) is 16.9. The van der Waals surface area contributed by atoms with Crippen LogP contribution in [0.3, 0.4) is 0 Å². The van der Waals surface area contributed by atoms with Crippen LogP contribution in [-0.4, -0.2) is 28.4 Å². The molecule has 0 fully saturated rings. The molecule has 1 aliphatic rings. The zero-order valence-corrected chi connectivity index (χ0v) is 14.8. The number of aromatic nitrogens is 1. The summed E-state index contributed by atoms with van der Waals surface area (Å²) in [6.45, 7) is 1.52. The molecular formula is C21H18N4O2. The van der Waals surface area contributed by atoms with Crippen molar-refractivity contribution in [1.82, 2.24) is 4.98 Å². The molecule has 1 N–H and O–H groups in total. The summed E-state index contributed by atoms with van der Waals surface area (Å²) in [7, 11) is 0. The lowest BCUT2D eigenvalue weighted by Gasteiger charge is -2.20. The minimum absolute atomic E-state index is 0.0331. The van der Waals surface area contributed by atoms with Gasteiger partial charge in [-0.1, -0.05) is 36.4 Å². The van der Waals surface area contributed by atoms with Gasteiger partial charge in [-0.3, -0.25) is 14.6 Å². The zero-order valence-electron chi connectivity index (χ0n) is 14.8. The van der Waals surface area contributed by atoms with E-state index in [1.165, 1.54) is 6.92 Å². The summed E-state index contributed by atoms with van der Waals surface area (Å²) in [6, 6.07) is 20.3. The van der Waals surface area contributed by atoms with Gasteiger partial charge in [-0.25, -0.2) is 4.98 Å². The third-order valence-electron chi connectivity index (χ3n) is 4.50.